The minimum atomic E-state index is -4.86. The van der Waals surface area contributed by atoms with Crippen LogP contribution < -0.4 is 4.74 Å². The third-order valence-corrected chi connectivity index (χ3v) is 5.86. The molecule has 1 N–H and O–H groups in total. The monoisotopic (exact) mass is 449 g/mol. The summed E-state index contributed by atoms with van der Waals surface area (Å²) in [5, 5.41) is 9.02. The number of rotatable bonds is 5. The van der Waals surface area contributed by atoms with Gasteiger partial charge in [0.2, 0.25) is 0 Å². The largest absolute Gasteiger partial charge is 0.573 e. The fourth-order valence-corrected chi connectivity index (χ4v) is 4.62. The Bertz CT molecular complexity index is 963. The molecule has 0 saturated carbocycles. The van der Waals surface area contributed by atoms with Crippen molar-refractivity contribution < 1.29 is 37.3 Å². The molecule has 0 saturated heterocycles. The van der Waals surface area contributed by atoms with Crippen LogP contribution in [-0.4, -0.2) is 41.4 Å². The van der Waals surface area contributed by atoms with E-state index in [1.54, 1.807) is 13.0 Å². The molecule has 0 spiro atoms. The molecule has 1 aliphatic carbocycles. The van der Waals surface area contributed by atoms with Crippen molar-refractivity contribution in [3.8, 4) is 5.06 Å². The van der Waals surface area contributed by atoms with Crippen LogP contribution in [0, 0.1) is 0 Å². The summed E-state index contributed by atoms with van der Waals surface area (Å²) < 4.78 is 46.3. The van der Waals surface area contributed by atoms with Gasteiger partial charge in [-0.3, -0.25) is 9.59 Å². The van der Waals surface area contributed by atoms with E-state index in [0.29, 0.717) is 40.4 Å². The molecule has 1 atom stereocenters. The molecule has 1 aliphatic heterocycles. The number of thiophene rings is 1. The van der Waals surface area contributed by atoms with Crippen LogP contribution >= 0.6 is 22.9 Å². The van der Waals surface area contributed by atoms with Gasteiger partial charge in [-0.2, -0.15) is 0 Å². The van der Waals surface area contributed by atoms with Crippen molar-refractivity contribution in [1.29, 1.82) is 0 Å². The first kappa shape index (κ1) is 21.3. The SMILES string of the molecule is COC1=CCC2C(=C1Cl)C(CC(=O)O)=C(C)N2C(=O)c1ccc(OC(F)(F)F)s1. The number of nitrogens with zero attached hydrogens (tertiary/aromatic N) is 1. The lowest BCUT2D eigenvalue weighted by atomic mass is 9.92. The molecule has 1 aromatic rings. The second-order valence-corrected chi connectivity index (χ2v) is 7.65. The van der Waals surface area contributed by atoms with Gasteiger partial charge in [-0.15, -0.1) is 13.2 Å². The summed E-state index contributed by atoms with van der Waals surface area (Å²) in [6, 6.07) is 1.73. The lowest BCUT2D eigenvalue weighted by Crippen LogP contribution is -2.36. The summed E-state index contributed by atoms with van der Waals surface area (Å²) in [5.41, 5.74) is 1.24. The van der Waals surface area contributed by atoms with Gasteiger partial charge in [0.25, 0.3) is 5.91 Å². The maximum Gasteiger partial charge on any atom is 0.573 e. The third-order valence-electron chi connectivity index (χ3n) is 4.52. The summed E-state index contributed by atoms with van der Waals surface area (Å²) in [6.45, 7) is 1.58. The van der Waals surface area contributed by atoms with Gasteiger partial charge in [-0.1, -0.05) is 22.9 Å². The third kappa shape index (κ3) is 4.13. The summed E-state index contributed by atoms with van der Waals surface area (Å²) in [4.78, 5) is 25.8. The number of fused-ring (bicyclic) bond motifs is 1. The van der Waals surface area contributed by atoms with Gasteiger partial charge in [-0.05, 0) is 37.1 Å². The predicted octanol–water partition coefficient (Wildman–Crippen LogP) is 4.65. The topological polar surface area (TPSA) is 76.1 Å². The molecule has 3 rings (SSSR count). The Morgan fingerprint density at radius 1 is 1.38 bits per heavy atom. The number of ether oxygens (including phenoxy) is 2. The summed E-state index contributed by atoms with van der Waals surface area (Å²) in [5.74, 6) is -1.29. The predicted molar refractivity (Wildman–Crippen MR) is 98.5 cm³/mol. The molecule has 2 aliphatic rings. The van der Waals surface area contributed by atoms with Crippen molar-refractivity contribution >= 4 is 34.8 Å². The summed E-state index contributed by atoms with van der Waals surface area (Å²) in [6.07, 6.45) is -3.22. The van der Waals surface area contributed by atoms with E-state index in [1.165, 1.54) is 18.1 Å². The van der Waals surface area contributed by atoms with Crippen molar-refractivity contribution in [2.45, 2.75) is 32.2 Å². The molecular formula is C18H15ClF3NO5S. The first-order chi connectivity index (χ1) is 13.5. The zero-order valence-electron chi connectivity index (χ0n) is 15.2. The Morgan fingerprint density at radius 3 is 2.66 bits per heavy atom. The molecule has 0 radical (unpaired) electrons. The van der Waals surface area contributed by atoms with Gasteiger partial charge in [0.15, 0.2) is 5.06 Å². The van der Waals surface area contributed by atoms with Gasteiger partial charge in [0.1, 0.15) is 5.76 Å². The maximum absolute atomic E-state index is 13.1. The standard InChI is InChI=1S/C18H15ClF3NO5S/c1-8-9(7-13(24)25)15-10(3-4-11(27-2)16(15)19)23(8)17(26)12-5-6-14(29-12)28-18(20,21)22/h4-6,10H,3,7H2,1-2H3,(H,24,25). The number of hydrogen-bond acceptors (Lipinski definition) is 5. The molecule has 6 nitrogen and oxygen atoms in total. The van der Waals surface area contributed by atoms with E-state index >= 15 is 0 Å². The number of halogens is 4. The first-order valence-corrected chi connectivity index (χ1v) is 9.48. The van der Waals surface area contributed by atoms with E-state index in [4.69, 9.17) is 16.3 Å². The van der Waals surface area contributed by atoms with Crippen LogP contribution in [0.3, 0.4) is 0 Å². The van der Waals surface area contributed by atoms with Gasteiger partial charge >= 0.3 is 12.3 Å². The van der Waals surface area contributed by atoms with Crippen molar-refractivity contribution in [3.63, 3.8) is 0 Å². The Kier molecular flexibility index (Phi) is 5.68. The quantitative estimate of drug-likeness (QED) is 0.708. The van der Waals surface area contributed by atoms with Crippen LogP contribution in [0.2, 0.25) is 0 Å². The van der Waals surface area contributed by atoms with Crippen LogP contribution in [0.1, 0.15) is 29.4 Å². The van der Waals surface area contributed by atoms with Gasteiger partial charge < -0.3 is 19.5 Å². The summed E-state index contributed by atoms with van der Waals surface area (Å²) >= 11 is 6.95. The minimum absolute atomic E-state index is 0.0252. The zero-order chi connectivity index (χ0) is 21.5. The van der Waals surface area contributed by atoms with Crippen molar-refractivity contribution in [3.05, 3.63) is 50.7 Å². The van der Waals surface area contributed by atoms with E-state index in [-0.39, 0.29) is 16.3 Å². The maximum atomic E-state index is 13.1. The van der Waals surface area contributed by atoms with Crippen molar-refractivity contribution in [2.75, 3.05) is 7.11 Å². The number of carboxylic acids is 1. The number of hydrogen-bond donors (Lipinski definition) is 1. The fraction of sp³-hybridized carbons (Fsp3) is 0.333. The number of methoxy groups -OCH3 is 1. The smallest absolute Gasteiger partial charge is 0.496 e. The number of carbonyl (C=O) groups is 2. The van der Waals surface area contributed by atoms with Crippen LogP contribution in [0.15, 0.2) is 45.8 Å². The minimum Gasteiger partial charge on any atom is -0.496 e. The number of aliphatic carboxylic acids is 1. The molecular weight excluding hydrogens is 435 g/mol. The molecule has 0 fully saturated rings. The Hall–Kier alpha value is -2.46. The Labute approximate surface area is 172 Å². The average molecular weight is 450 g/mol. The number of amides is 1. The highest BCUT2D eigenvalue weighted by atomic mass is 35.5. The highest BCUT2D eigenvalue weighted by Crippen LogP contribution is 2.45. The molecule has 1 amide bonds. The second-order valence-electron chi connectivity index (χ2n) is 6.23. The number of carboxylic acid groups (broad SMARTS) is 1. The van der Waals surface area contributed by atoms with Crippen molar-refractivity contribution in [1.82, 2.24) is 4.90 Å². The number of carbonyl (C=O) groups excluding carboxylic acids is 1. The molecule has 29 heavy (non-hydrogen) atoms. The van der Waals surface area contributed by atoms with Gasteiger partial charge in [0.05, 0.1) is 29.5 Å². The molecule has 1 unspecified atom stereocenters. The molecule has 1 aromatic heterocycles. The molecule has 0 bridgehead atoms. The summed E-state index contributed by atoms with van der Waals surface area (Å²) in [7, 11) is 1.42. The van der Waals surface area contributed by atoms with Crippen LogP contribution in [0.25, 0.3) is 0 Å². The van der Waals surface area contributed by atoms with E-state index < -0.39 is 29.3 Å². The Morgan fingerprint density at radius 2 is 2.07 bits per heavy atom. The fourth-order valence-electron chi connectivity index (χ4n) is 3.41. The van der Waals surface area contributed by atoms with Crippen molar-refractivity contribution in [2.24, 2.45) is 0 Å². The number of allylic oxidation sites excluding steroid dienone is 2. The average Bonchev–Trinajstić information content (AvgIpc) is 3.16. The molecule has 2 heterocycles. The van der Waals surface area contributed by atoms with E-state index in [2.05, 4.69) is 4.74 Å². The number of alkyl halides is 3. The molecule has 0 aromatic carbocycles. The highest BCUT2D eigenvalue weighted by Gasteiger charge is 2.42. The molecule has 156 valence electrons. The zero-order valence-corrected chi connectivity index (χ0v) is 16.7. The molecule has 11 heteroatoms. The van der Waals surface area contributed by atoms with Gasteiger partial charge in [-0.25, -0.2) is 0 Å². The van der Waals surface area contributed by atoms with E-state index in [0.717, 1.165) is 6.07 Å². The lowest BCUT2D eigenvalue weighted by molar-refractivity contribution is -0.273. The van der Waals surface area contributed by atoms with Crippen LogP contribution in [0.4, 0.5) is 13.2 Å². The Balaban J connectivity index is 1.99. The van der Waals surface area contributed by atoms with E-state index in [9.17, 15) is 27.9 Å². The lowest BCUT2D eigenvalue weighted by Gasteiger charge is -2.29. The normalized spacial score (nSPS) is 19.3. The van der Waals surface area contributed by atoms with Crippen LogP contribution in [0.5, 0.6) is 5.06 Å². The first-order valence-electron chi connectivity index (χ1n) is 8.28. The van der Waals surface area contributed by atoms with Crippen LogP contribution in [-0.2, 0) is 9.53 Å². The van der Waals surface area contributed by atoms with E-state index in [1.807, 2.05) is 0 Å². The second kappa shape index (κ2) is 7.75. The highest BCUT2D eigenvalue weighted by molar-refractivity contribution is 7.15. The van der Waals surface area contributed by atoms with Gasteiger partial charge in [0, 0.05) is 11.3 Å².